The van der Waals surface area contributed by atoms with Crippen LogP contribution in [0.15, 0.2) is 34.8 Å². The molecule has 1 fully saturated rings. The highest BCUT2D eigenvalue weighted by atomic mass is 79.9. The highest BCUT2D eigenvalue weighted by molar-refractivity contribution is 9.10. The standard InChI is InChI=1S/C16H22BrNO/c1-11(2)15-8-13(17)4-7-16(15)19-10-12(3)9-18-14-5-6-14/h4,7-8,11,14,18H,3,5-6,9-10H2,1-2H3. The van der Waals surface area contributed by atoms with E-state index in [4.69, 9.17) is 4.74 Å². The third kappa shape index (κ3) is 4.66. The van der Waals surface area contributed by atoms with Gasteiger partial charge in [-0.05, 0) is 48.1 Å². The predicted molar refractivity (Wildman–Crippen MR) is 83.9 cm³/mol. The van der Waals surface area contributed by atoms with E-state index in [-0.39, 0.29) is 0 Å². The first-order valence-electron chi connectivity index (χ1n) is 6.88. The molecule has 0 bridgehead atoms. The number of benzene rings is 1. The maximum absolute atomic E-state index is 5.91. The molecule has 0 saturated heterocycles. The molecule has 0 amide bonds. The van der Waals surface area contributed by atoms with Crippen LogP contribution in [-0.2, 0) is 0 Å². The summed E-state index contributed by atoms with van der Waals surface area (Å²) in [6.07, 6.45) is 2.61. The van der Waals surface area contributed by atoms with Crippen molar-refractivity contribution in [2.24, 2.45) is 0 Å². The minimum Gasteiger partial charge on any atom is -0.489 e. The molecule has 0 radical (unpaired) electrons. The van der Waals surface area contributed by atoms with Crippen LogP contribution >= 0.6 is 15.9 Å². The first-order valence-corrected chi connectivity index (χ1v) is 7.68. The number of rotatable bonds is 7. The van der Waals surface area contributed by atoms with Crippen molar-refractivity contribution in [3.05, 3.63) is 40.4 Å². The smallest absolute Gasteiger partial charge is 0.123 e. The van der Waals surface area contributed by atoms with Crippen molar-refractivity contribution in [3.8, 4) is 5.75 Å². The summed E-state index contributed by atoms with van der Waals surface area (Å²) in [4.78, 5) is 0. The molecule has 3 heteroatoms. The van der Waals surface area contributed by atoms with Gasteiger partial charge in [0, 0.05) is 17.1 Å². The van der Waals surface area contributed by atoms with E-state index in [0.717, 1.165) is 28.4 Å². The highest BCUT2D eigenvalue weighted by Gasteiger charge is 2.20. The van der Waals surface area contributed by atoms with Crippen molar-refractivity contribution in [2.75, 3.05) is 13.2 Å². The van der Waals surface area contributed by atoms with Gasteiger partial charge >= 0.3 is 0 Å². The molecule has 0 aromatic heterocycles. The Balaban J connectivity index is 1.88. The van der Waals surface area contributed by atoms with Gasteiger partial charge in [0.1, 0.15) is 12.4 Å². The fraction of sp³-hybridized carbons (Fsp3) is 0.500. The maximum atomic E-state index is 5.91. The van der Waals surface area contributed by atoms with E-state index in [1.54, 1.807) is 0 Å². The Morgan fingerprint density at radius 2 is 2.21 bits per heavy atom. The molecule has 2 nitrogen and oxygen atoms in total. The van der Waals surface area contributed by atoms with Gasteiger partial charge in [0.15, 0.2) is 0 Å². The van der Waals surface area contributed by atoms with Crippen LogP contribution in [0.5, 0.6) is 5.75 Å². The van der Waals surface area contributed by atoms with E-state index < -0.39 is 0 Å². The van der Waals surface area contributed by atoms with E-state index >= 15 is 0 Å². The van der Waals surface area contributed by atoms with Crippen molar-refractivity contribution in [3.63, 3.8) is 0 Å². The Hall–Kier alpha value is -0.800. The molecule has 1 aliphatic carbocycles. The molecular weight excluding hydrogens is 302 g/mol. The molecule has 2 rings (SSSR count). The zero-order valence-corrected chi connectivity index (χ0v) is 13.3. The molecule has 0 aliphatic heterocycles. The molecule has 1 N–H and O–H groups in total. The van der Waals surface area contributed by atoms with Gasteiger partial charge < -0.3 is 10.1 Å². The van der Waals surface area contributed by atoms with Crippen LogP contribution in [0, 0.1) is 0 Å². The highest BCUT2D eigenvalue weighted by Crippen LogP contribution is 2.29. The number of hydrogen-bond acceptors (Lipinski definition) is 2. The lowest BCUT2D eigenvalue weighted by Crippen LogP contribution is -2.21. The normalized spacial score (nSPS) is 14.7. The second-order valence-corrected chi connectivity index (χ2v) is 6.45. The van der Waals surface area contributed by atoms with Gasteiger partial charge in [-0.15, -0.1) is 0 Å². The Bertz CT molecular complexity index is 452. The minimum atomic E-state index is 0.449. The van der Waals surface area contributed by atoms with Crippen molar-refractivity contribution in [2.45, 2.75) is 38.6 Å². The van der Waals surface area contributed by atoms with Gasteiger partial charge in [-0.1, -0.05) is 36.4 Å². The van der Waals surface area contributed by atoms with Gasteiger partial charge in [0.05, 0.1) is 0 Å². The van der Waals surface area contributed by atoms with Crippen LogP contribution in [0.25, 0.3) is 0 Å². The number of halogens is 1. The SMILES string of the molecule is C=C(CNC1CC1)COc1ccc(Br)cc1C(C)C. The topological polar surface area (TPSA) is 21.3 Å². The Morgan fingerprint density at radius 1 is 1.47 bits per heavy atom. The molecule has 1 aliphatic rings. The van der Waals surface area contributed by atoms with Crippen molar-refractivity contribution < 1.29 is 4.74 Å². The monoisotopic (exact) mass is 323 g/mol. The lowest BCUT2D eigenvalue weighted by molar-refractivity contribution is 0.343. The summed E-state index contributed by atoms with van der Waals surface area (Å²) in [5.41, 5.74) is 2.34. The Labute approximate surface area is 124 Å². The lowest BCUT2D eigenvalue weighted by Gasteiger charge is -2.15. The van der Waals surface area contributed by atoms with E-state index in [2.05, 4.69) is 47.7 Å². The van der Waals surface area contributed by atoms with E-state index in [1.807, 2.05) is 12.1 Å². The molecule has 0 spiro atoms. The third-order valence-corrected chi connectivity index (χ3v) is 3.74. The van der Waals surface area contributed by atoms with Crippen LogP contribution in [0.4, 0.5) is 0 Å². The molecule has 0 heterocycles. The molecule has 19 heavy (non-hydrogen) atoms. The molecule has 104 valence electrons. The molecule has 0 unspecified atom stereocenters. The second kappa shape index (κ2) is 6.58. The molecule has 1 aromatic rings. The van der Waals surface area contributed by atoms with Crippen molar-refractivity contribution in [1.82, 2.24) is 5.32 Å². The van der Waals surface area contributed by atoms with Crippen LogP contribution in [0.3, 0.4) is 0 Å². The molecule has 0 atom stereocenters. The first kappa shape index (κ1) is 14.6. The fourth-order valence-electron chi connectivity index (χ4n) is 1.91. The van der Waals surface area contributed by atoms with Crippen molar-refractivity contribution in [1.29, 1.82) is 0 Å². The van der Waals surface area contributed by atoms with Gasteiger partial charge in [-0.25, -0.2) is 0 Å². The fourth-order valence-corrected chi connectivity index (χ4v) is 2.29. The quantitative estimate of drug-likeness (QED) is 0.757. The van der Waals surface area contributed by atoms with Gasteiger partial charge in [0.25, 0.3) is 0 Å². The summed E-state index contributed by atoms with van der Waals surface area (Å²) in [5.74, 6) is 1.41. The van der Waals surface area contributed by atoms with Crippen molar-refractivity contribution >= 4 is 15.9 Å². The van der Waals surface area contributed by atoms with Crippen LogP contribution in [0.2, 0.25) is 0 Å². The lowest BCUT2D eigenvalue weighted by atomic mass is 10.0. The first-order chi connectivity index (χ1) is 9.06. The Morgan fingerprint density at radius 3 is 2.84 bits per heavy atom. The summed E-state index contributed by atoms with van der Waals surface area (Å²) in [6, 6.07) is 6.90. The largest absolute Gasteiger partial charge is 0.489 e. The van der Waals surface area contributed by atoms with E-state index in [9.17, 15) is 0 Å². The molecule has 1 saturated carbocycles. The predicted octanol–water partition coefficient (Wildman–Crippen LogP) is 4.26. The average Bonchev–Trinajstić information content (AvgIpc) is 3.18. The zero-order valence-electron chi connectivity index (χ0n) is 11.7. The summed E-state index contributed by atoms with van der Waals surface area (Å²) in [7, 11) is 0. The minimum absolute atomic E-state index is 0.449. The van der Waals surface area contributed by atoms with E-state index in [0.29, 0.717) is 12.5 Å². The van der Waals surface area contributed by atoms with Gasteiger partial charge in [-0.2, -0.15) is 0 Å². The third-order valence-electron chi connectivity index (χ3n) is 3.24. The summed E-state index contributed by atoms with van der Waals surface area (Å²) < 4.78 is 7.00. The Kier molecular flexibility index (Phi) is 5.06. The maximum Gasteiger partial charge on any atom is 0.123 e. The van der Waals surface area contributed by atoms with Crippen LogP contribution in [-0.4, -0.2) is 19.2 Å². The van der Waals surface area contributed by atoms with Gasteiger partial charge in [-0.3, -0.25) is 0 Å². The van der Waals surface area contributed by atoms with Crippen LogP contribution < -0.4 is 10.1 Å². The van der Waals surface area contributed by atoms with Crippen LogP contribution in [0.1, 0.15) is 38.2 Å². The van der Waals surface area contributed by atoms with E-state index in [1.165, 1.54) is 18.4 Å². The molecular formula is C16H22BrNO. The number of hydrogen-bond donors (Lipinski definition) is 1. The summed E-state index contributed by atoms with van der Waals surface area (Å²) in [5, 5.41) is 3.45. The zero-order chi connectivity index (χ0) is 13.8. The number of nitrogens with one attached hydrogen (secondary N) is 1. The van der Waals surface area contributed by atoms with Gasteiger partial charge in [0.2, 0.25) is 0 Å². The second-order valence-electron chi connectivity index (χ2n) is 5.53. The average molecular weight is 324 g/mol. The number of ether oxygens (including phenoxy) is 1. The molecule has 1 aromatic carbocycles. The summed E-state index contributed by atoms with van der Waals surface area (Å²) >= 11 is 3.51. The summed E-state index contributed by atoms with van der Waals surface area (Å²) in [6.45, 7) is 9.87.